The molecule has 0 aliphatic heterocycles. The molecule has 0 atom stereocenters. The minimum absolute atomic E-state index is 0.844. The zero-order valence-electron chi connectivity index (χ0n) is 36.7. The second-order valence-electron chi connectivity index (χ2n) is 17.5. The number of unbranched alkanes of at least 4 members (excludes halogenated alkanes) is 20. The molecule has 4 rings (SSSR count). The smallest absolute Gasteiger partial charge is 0.0314 e. The quantitative estimate of drug-likeness (QED) is 0.0384. The summed E-state index contributed by atoms with van der Waals surface area (Å²) < 4.78 is 0. The zero-order chi connectivity index (χ0) is 40.2. The number of nitrogen functional groups attached to an aromatic ring is 2. The average Bonchev–Trinajstić information content (AvgIpc) is 3.22. The number of anilines is 2. The van der Waals surface area contributed by atoms with Gasteiger partial charge in [0, 0.05) is 11.4 Å². The molecule has 0 radical (unpaired) electrons. The van der Waals surface area contributed by atoms with Crippen molar-refractivity contribution in [2.24, 2.45) is 0 Å². The number of hydrogen-bond acceptors (Lipinski definition) is 2. The van der Waals surface area contributed by atoms with Gasteiger partial charge in [0.15, 0.2) is 0 Å². The van der Waals surface area contributed by atoms with Crippen LogP contribution >= 0.6 is 0 Å². The molecule has 57 heavy (non-hydrogen) atoms. The molecule has 0 fully saturated rings. The number of nitrogens with two attached hydrogens (primary N) is 2. The molecule has 0 heterocycles. The lowest BCUT2D eigenvalue weighted by Gasteiger charge is -2.13. The van der Waals surface area contributed by atoms with Gasteiger partial charge in [-0.15, -0.1) is 0 Å². The van der Waals surface area contributed by atoms with E-state index < -0.39 is 0 Å². The Balaban J connectivity index is 1.05. The third kappa shape index (κ3) is 19.7. The van der Waals surface area contributed by atoms with Crippen molar-refractivity contribution in [3.8, 4) is 0 Å². The highest BCUT2D eigenvalue weighted by atomic mass is 14.5. The van der Waals surface area contributed by atoms with Crippen LogP contribution in [0.5, 0.6) is 0 Å². The lowest BCUT2D eigenvalue weighted by molar-refractivity contribution is 0.536. The van der Waals surface area contributed by atoms with Gasteiger partial charge in [0.1, 0.15) is 0 Å². The Kier molecular flexibility index (Phi) is 23.3. The predicted octanol–water partition coefficient (Wildman–Crippen LogP) is 15.9. The van der Waals surface area contributed by atoms with Crippen LogP contribution in [0.15, 0.2) is 84.9 Å². The summed E-state index contributed by atoms with van der Waals surface area (Å²) in [5.74, 6) is 0. The van der Waals surface area contributed by atoms with E-state index in [0.29, 0.717) is 0 Å². The summed E-state index contributed by atoms with van der Waals surface area (Å²) in [7, 11) is 0. The molecular weight excluding hydrogens is 689 g/mol. The van der Waals surface area contributed by atoms with Crippen LogP contribution in [0.2, 0.25) is 0 Å². The molecule has 0 amide bonds. The molecule has 0 aliphatic rings. The van der Waals surface area contributed by atoms with Gasteiger partial charge < -0.3 is 11.5 Å². The second kappa shape index (κ2) is 28.8. The van der Waals surface area contributed by atoms with Gasteiger partial charge in [-0.1, -0.05) is 197 Å². The fraction of sp³-hybridized carbons (Fsp3) is 0.564. The second-order valence-corrected chi connectivity index (χ2v) is 17.5. The van der Waals surface area contributed by atoms with Gasteiger partial charge in [0.2, 0.25) is 0 Å². The van der Waals surface area contributed by atoms with Crippen LogP contribution in [-0.2, 0) is 38.5 Å². The Morgan fingerprint density at radius 2 is 0.544 bits per heavy atom. The SMILES string of the molecule is CCCCCCCc1cc(Cc2ccc(N)cc2)ccc1CCCCCCCCCCCCCCCc1ccc(Cc2ccc(N)cc2)cc1CCCCCCC. The van der Waals surface area contributed by atoms with Crippen LogP contribution in [0, 0.1) is 0 Å². The van der Waals surface area contributed by atoms with E-state index in [9.17, 15) is 0 Å². The minimum Gasteiger partial charge on any atom is -0.399 e. The minimum atomic E-state index is 0.844. The van der Waals surface area contributed by atoms with Gasteiger partial charge in [-0.05, 0) is 133 Å². The van der Waals surface area contributed by atoms with Crippen molar-refractivity contribution in [3.05, 3.63) is 129 Å². The van der Waals surface area contributed by atoms with Gasteiger partial charge >= 0.3 is 0 Å². The van der Waals surface area contributed by atoms with Crippen LogP contribution in [0.3, 0.4) is 0 Å². The van der Waals surface area contributed by atoms with Gasteiger partial charge in [0.25, 0.3) is 0 Å². The fourth-order valence-corrected chi connectivity index (χ4v) is 8.69. The van der Waals surface area contributed by atoms with Crippen molar-refractivity contribution >= 4 is 11.4 Å². The molecule has 312 valence electrons. The molecule has 0 bridgehead atoms. The maximum absolute atomic E-state index is 5.93. The third-order valence-electron chi connectivity index (χ3n) is 12.3. The molecule has 4 aromatic carbocycles. The van der Waals surface area contributed by atoms with E-state index in [-0.39, 0.29) is 0 Å². The lowest BCUT2D eigenvalue weighted by atomic mass is 9.92. The first kappa shape index (κ1) is 46.2. The van der Waals surface area contributed by atoms with Gasteiger partial charge in [-0.2, -0.15) is 0 Å². The topological polar surface area (TPSA) is 52.0 Å². The molecular formula is C55H82N2. The third-order valence-corrected chi connectivity index (χ3v) is 12.3. The highest BCUT2D eigenvalue weighted by Gasteiger charge is 2.08. The van der Waals surface area contributed by atoms with Crippen LogP contribution < -0.4 is 11.5 Å². The maximum atomic E-state index is 5.93. The molecule has 0 saturated carbocycles. The molecule has 4 aromatic rings. The van der Waals surface area contributed by atoms with Crippen LogP contribution in [0.1, 0.15) is 206 Å². The van der Waals surface area contributed by atoms with Gasteiger partial charge in [0.05, 0.1) is 0 Å². The Bertz CT molecular complexity index is 1480. The summed E-state index contributed by atoms with van der Waals surface area (Å²) in [6.45, 7) is 4.61. The van der Waals surface area contributed by atoms with E-state index in [1.807, 2.05) is 24.3 Å². The predicted molar refractivity (Wildman–Crippen MR) is 253 cm³/mol. The molecule has 0 saturated heterocycles. The van der Waals surface area contributed by atoms with E-state index >= 15 is 0 Å². The van der Waals surface area contributed by atoms with Gasteiger partial charge in [-0.3, -0.25) is 0 Å². The molecule has 0 unspecified atom stereocenters. The van der Waals surface area contributed by atoms with Crippen molar-refractivity contribution in [1.82, 2.24) is 0 Å². The van der Waals surface area contributed by atoms with E-state index in [2.05, 4.69) is 74.5 Å². The molecule has 0 aliphatic carbocycles. The maximum Gasteiger partial charge on any atom is 0.0314 e. The van der Waals surface area contributed by atoms with Crippen LogP contribution in [0.4, 0.5) is 11.4 Å². The highest BCUT2D eigenvalue weighted by molar-refractivity contribution is 5.43. The van der Waals surface area contributed by atoms with Crippen LogP contribution in [0.25, 0.3) is 0 Å². The first-order valence-electron chi connectivity index (χ1n) is 23.9. The molecule has 0 spiro atoms. The first-order valence-corrected chi connectivity index (χ1v) is 23.9. The van der Waals surface area contributed by atoms with E-state index in [0.717, 1.165) is 24.2 Å². The van der Waals surface area contributed by atoms with E-state index in [1.54, 1.807) is 22.3 Å². The van der Waals surface area contributed by atoms with Crippen molar-refractivity contribution in [3.63, 3.8) is 0 Å². The summed E-state index contributed by atoms with van der Waals surface area (Å²) in [6, 6.07) is 31.5. The van der Waals surface area contributed by atoms with Crippen molar-refractivity contribution < 1.29 is 0 Å². The van der Waals surface area contributed by atoms with E-state index in [1.165, 1.54) is 196 Å². The summed E-state index contributed by atoms with van der Waals surface area (Å²) in [6.07, 6.45) is 38.5. The molecule has 0 aromatic heterocycles. The number of hydrogen-bond donors (Lipinski definition) is 2. The van der Waals surface area contributed by atoms with Crippen LogP contribution in [-0.4, -0.2) is 0 Å². The zero-order valence-corrected chi connectivity index (χ0v) is 36.7. The summed E-state index contributed by atoms with van der Waals surface area (Å²) >= 11 is 0. The fourth-order valence-electron chi connectivity index (χ4n) is 8.69. The monoisotopic (exact) mass is 771 g/mol. The summed E-state index contributed by atoms with van der Waals surface area (Å²) in [4.78, 5) is 0. The first-order chi connectivity index (χ1) is 28.0. The highest BCUT2D eigenvalue weighted by Crippen LogP contribution is 2.24. The molecule has 2 heteroatoms. The van der Waals surface area contributed by atoms with Crippen molar-refractivity contribution in [1.29, 1.82) is 0 Å². The Morgan fingerprint density at radius 1 is 0.281 bits per heavy atom. The number of aryl methyl sites for hydroxylation is 4. The standard InChI is InChI=1S/C55H82N2/c1-3-5-7-18-24-28-52-44-48(42-46-32-38-54(56)39-33-46)30-36-50(52)26-22-20-16-14-12-10-9-11-13-15-17-21-23-27-51-37-31-49(43-47-34-40-55(57)41-35-47)45-53(51)29-25-19-8-6-4-2/h30-41,44-45H,3-29,42-43,56-57H2,1-2H3. The normalized spacial score (nSPS) is 11.4. The van der Waals surface area contributed by atoms with Gasteiger partial charge in [-0.25, -0.2) is 0 Å². The molecule has 2 nitrogen and oxygen atoms in total. The summed E-state index contributed by atoms with van der Waals surface area (Å²) in [5, 5.41) is 0. The van der Waals surface area contributed by atoms with Crippen molar-refractivity contribution in [2.75, 3.05) is 11.5 Å². The Hall–Kier alpha value is -3.52. The molecule has 4 N–H and O–H groups in total. The van der Waals surface area contributed by atoms with E-state index in [4.69, 9.17) is 11.5 Å². The lowest BCUT2D eigenvalue weighted by Crippen LogP contribution is -1.99. The Morgan fingerprint density at radius 3 is 0.860 bits per heavy atom. The number of rotatable bonds is 32. The Labute approximate surface area is 351 Å². The van der Waals surface area contributed by atoms with Crippen molar-refractivity contribution in [2.45, 2.75) is 200 Å². The average molecular weight is 771 g/mol. The largest absolute Gasteiger partial charge is 0.399 e. The summed E-state index contributed by atoms with van der Waals surface area (Å²) in [5.41, 5.74) is 25.5. The number of benzene rings is 4.